The minimum Gasteiger partial charge on any atom is -0.494 e. The Balaban J connectivity index is 1.69. The molecule has 30 heavy (non-hydrogen) atoms. The molecule has 1 atom stereocenters. The first-order valence-electron chi connectivity index (χ1n) is 9.30. The van der Waals surface area contributed by atoms with Gasteiger partial charge >= 0.3 is 0 Å². The molecule has 3 rings (SSSR count). The van der Waals surface area contributed by atoms with Gasteiger partial charge in [-0.3, -0.25) is 4.79 Å². The second-order valence-corrected chi connectivity index (χ2v) is 9.00. The Morgan fingerprint density at radius 1 is 1.10 bits per heavy atom. The molecule has 6 nitrogen and oxygen atoms in total. The number of ether oxygens (including phenoxy) is 1. The van der Waals surface area contributed by atoms with Crippen molar-refractivity contribution in [2.75, 3.05) is 20.7 Å². The van der Waals surface area contributed by atoms with E-state index in [0.717, 1.165) is 15.1 Å². The summed E-state index contributed by atoms with van der Waals surface area (Å²) in [6, 6.07) is 16.2. The quantitative estimate of drug-likeness (QED) is 0.623. The Morgan fingerprint density at radius 2 is 1.80 bits per heavy atom. The van der Waals surface area contributed by atoms with Crippen LogP contribution in [0.4, 0.5) is 4.39 Å². The second-order valence-electron chi connectivity index (χ2n) is 6.95. The number of benzene rings is 3. The Bertz CT molecular complexity index is 1180. The number of sulfonamides is 1. The Labute approximate surface area is 175 Å². The molecular formula is C22H23FN2O4S. The summed E-state index contributed by atoms with van der Waals surface area (Å²) in [6.45, 7) is 1.33. The van der Waals surface area contributed by atoms with Crippen molar-refractivity contribution in [3.8, 4) is 5.75 Å². The van der Waals surface area contributed by atoms with Gasteiger partial charge in [-0.2, -0.15) is 4.31 Å². The van der Waals surface area contributed by atoms with Crippen molar-refractivity contribution in [2.45, 2.75) is 17.9 Å². The van der Waals surface area contributed by atoms with Crippen LogP contribution in [0.2, 0.25) is 0 Å². The van der Waals surface area contributed by atoms with Gasteiger partial charge in [0.2, 0.25) is 15.9 Å². The fraction of sp³-hybridized carbons (Fsp3) is 0.227. The van der Waals surface area contributed by atoms with E-state index in [2.05, 4.69) is 5.32 Å². The number of nitrogens with zero attached hydrogens (tertiary/aromatic N) is 1. The molecule has 0 heterocycles. The third-order valence-corrected chi connectivity index (χ3v) is 6.65. The highest BCUT2D eigenvalue weighted by Gasteiger charge is 2.24. The number of rotatable bonds is 7. The number of nitrogens with one attached hydrogen (secondary N) is 1. The Kier molecular flexibility index (Phi) is 6.38. The van der Waals surface area contributed by atoms with E-state index in [1.807, 2.05) is 24.3 Å². The molecule has 0 saturated heterocycles. The van der Waals surface area contributed by atoms with E-state index in [1.165, 1.54) is 32.4 Å². The third kappa shape index (κ3) is 4.60. The van der Waals surface area contributed by atoms with Gasteiger partial charge in [0.05, 0.1) is 24.6 Å². The van der Waals surface area contributed by atoms with Crippen molar-refractivity contribution in [3.63, 3.8) is 0 Å². The molecule has 8 heteroatoms. The van der Waals surface area contributed by atoms with Crippen molar-refractivity contribution < 1.29 is 22.3 Å². The molecule has 0 aliphatic rings. The number of carbonyl (C=O) groups is 1. The van der Waals surface area contributed by atoms with Gasteiger partial charge in [-0.15, -0.1) is 0 Å². The van der Waals surface area contributed by atoms with Crippen molar-refractivity contribution in [1.29, 1.82) is 0 Å². The summed E-state index contributed by atoms with van der Waals surface area (Å²) in [5.41, 5.74) is 0.543. The fourth-order valence-corrected chi connectivity index (χ4v) is 4.28. The maximum Gasteiger partial charge on any atom is 0.243 e. The predicted molar refractivity (Wildman–Crippen MR) is 113 cm³/mol. The molecule has 0 aromatic heterocycles. The first-order valence-corrected chi connectivity index (χ1v) is 10.7. The number of carbonyl (C=O) groups excluding carboxylic acids is 1. The van der Waals surface area contributed by atoms with Crippen LogP contribution in [0.25, 0.3) is 10.8 Å². The van der Waals surface area contributed by atoms with Crippen molar-refractivity contribution >= 4 is 26.7 Å². The van der Waals surface area contributed by atoms with Crippen LogP contribution in [0.3, 0.4) is 0 Å². The van der Waals surface area contributed by atoms with Crippen LogP contribution in [0.15, 0.2) is 65.6 Å². The van der Waals surface area contributed by atoms with E-state index in [-0.39, 0.29) is 17.2 Å². The van der Waals surface area contributed by atoms with Gasteiger partial charge in [0.1, 0.15) is 0 Å². The number of methoxy groups -OCH3 is 1. The lowest BCUT2D eigenvalue weighted by atomic mass is 10.1. The molecule has 1 N–H and O–H groups in total. The first-order chi connectivity index (χ1) is 14.2. The van der Waals surface area contributed by atoms with E-state index >= 15 is 0 Å². The molecule has 3 aromatic rings. The largest absolute Gasteiger partial charge is 0.494 e. The van der Waals surface area contributed by atoms with Crippen LogP contribution in [-0.2, 0) is 14.8 Å². The molecule has 0 bridgehead atoms. The fourth-order valence-electron chi connectivity index (χ4n) is 3.12. The van der Waals surface area contributed by atoms with E-state index in [4.69, 9.17) is 4.74 Å². The normalized spacial score (nSPS) is 12.7. The number of likely N-dealkylation sites (N-methyl/N-ethyl adjacent to an activating group) is 1. The second kappa shape index (κ2) is 8.81. The molecule has 0 spiro atoms. The standard InChI is InChI=1S/C22H23FN2O4S/c1-15(17-9-11-21(29-3)20(23)13-17)24-22(26)14-25(2)30(27,28)19-10-8-16-6-4-5-7-18(16)12-19/h4-13,15H,14H2,1-3H3,(H,24,26). The van der Waals surface area contributed by atoms with Gasteiger partial charge < -0.3 is 10.1 Å². The van der Waals surface area contributed by atoms with Crippen LogP contribution < -0.4 is 10.1 Å². The summed E-state index contributed by atoms with van der Waals surface area (Å²) in [7, 11) is -1.13. The lowest BCUT2D eigenvalue weighted by Gasteiger charge is -2.20. The van der Waals surface area contributed by atoms with Gasteiger partial charge in [-0.1, -0.05) is 36.4 Å². The highest BCUT2D eigenvalue weighted by atomic mass is 32.2. The zero-order valence-electron chi connectivity index (χ0n) is 16.9. The summed E-state index contributed by atoms with van der Waals surface area (Å²) < 4.78 is 45.5. The van der Waals surface area contributed by atoms with Gasteiger partial charge in [0.15, 0.2) is 11.6 Å². The monoisotopic (exact) mass is 430 g/mol. The van der Waals surface area contributed by atoms with Crippen LogP contribution in [0.5, 0.6) is 5.75 Å². The zero-order chi connectivity index (χ0) is 21.9. The maximum absolute atomic E-state index is 13.9. The molecule has 158 valence electrons. The topological polar surface area (TPSA) is 75.7 Å². The van der Waals surface area contributed by atoms with Gasteiger partial charge in [0.25, 0.3) is 0 Å². The summed E-state index contributed by atoms with van der Waals surface area (Å²) >= 11 is 0. The summed E-state index contributed by atoms with van der Waals surface area (Å²) in [4.78, 5) is 12.5. The molecule has 1 unspecified atom stereocenters. The molecular weight excluding hydrogens is 407 g/mol. The molecule has 1 amide bonds. The average Bonchev–Trinajstić information content (AvgIpc) is 2.73. The third-order valence-electron chi connectivity index (χ3n) is 4.85. The molecule has 0 aliphatic heterocycles. The molecule has 0 aliphatic carbocycles. The number of hydrogen-bond acceptors (Lipinski definition) is 4. The van der Waals surface area contributed by atoms with E-state index in [9.17, 15) is 17.6 Å². The van der Waals surface area contributed by atoms with Crippen LogP contribution in [-0.4, -0.2) is 39.3 Å². The maximum atomic E-state index is 13.9. The van der Waals surface area contributed by atoms with Gasteiger partial charge in [-0.05, 0) is 47.5 Å². The van der Waals surface area contributed by atoms with Crippen molar-refractivity contribution in [2.24, 2.45) is 0 Å². The van der Waals surface area contributed by atoms with Gasteiger partial charge in [-0.25, -0.2) is 12.8 Å². The Morgan fingerprint density at radius 3 is 2.47 bits per heavy atom. The lowest BCUT2D eigenvalue weighted by molar-refractivity contribution is -0.121. The van der Waals surface area contributed by atoms with Crippen LogP contribution >= 0.6 is 0 Å². The predicted octanol–water partition coefficient (Wildman–Crippen LogP) is 3.49. The zero-order valence-corrected chi connectivity index (χ0v) is 17.7. The molecule has 3 aromatic carbocycles. The smallest absolute Gasteiger partial charge is 0.243 e. The number of amides is 1. The minimum absolute atomic E-state index is 0.110. The number of hydrogen-bond donors (Lipinski definition) is 1. The SMILES string of the molecule is COc1ccc(C(C)NC(=O)CN(C)S(=O)(=O)c2ccc3ccccc3c2)cc1F. The van der Waals surface area contributed by atoms with Gasteiger partial charge in [0, 0.05) is 7.05 Å². The van der Waals surface area contributed by atoms with Crippen LogP contribution in [0, 0.1) is 5.82 Å². The van der Waals surface area contributed by atoms with Crippen molar-refractivity contribution in [3.05, 3.63) is 72.0 Å². The van der Waals surface area contributed by atoms with E-state index in [1.54, 1.807) is 25.1 Å². The van der Waals surface area contributed by atoms with Crippen LogP contribution in [0.1, 0.15) is 18.5 Å². The average molecular weight is 431 g/mol. The first kappa shape index (κ1) is 21.7. The minimum atomic E-state index is -3.85. The summed E-state index contributed by atoms with van der Waals surface area (Å²) in [5, 5.41) is 4.42. The van der Waals surface area contributed by atoms with E-state index < -0.39 is 27.8 Å². The van der Waals surface area contributed by atoms with Crippen molar-refractivity contribution in [1.82, 2.24) is 9.62 Å². The highest BCUT2D eigenvalue weighted by Crippen LogP contribution is 2.23. The molecule has 0 fully saturated rings. The lowest BCUT2D eigenvalue weighted by Crippen LogP contribution is -2.39. The summed E-state index contributed by atoms with van der Waals surface area (Å²) in [6.07, 6.45) is 0. The molecule has 0 saturated carbocycles. The molecule has 0 radical (unpaired) electrons. The number of fused-ring (bicyclic) bond motifs is 1. The Hall–Kier alpha value is -2.97. The highest BCUT2D eigenvalue weighted by molar-refractivity contribution is 7.89. The summed E-state index contributed by atoms with van der Waals surface area (Å²) in [5.74, 6) is -0.920. The number of halogens is 1. The van der Waals surface area contributed by atoms with E-state index in [0.29, 0.717) is 5.56 Å².